The van der Waals surface area contributed by atoms with Crippen LogP contribution in [0, 0.1) is 5.92 Å². The van der Waals surface area contributed by atoms with Gasteiger partial charge in [-0.3, -0.25) is 9.78 Å². The van der Waals surface area contributed by atoms with Crippen molar-refractivity contribution in [3.05, 3.63) is 66.4 Å². The fourth-order valence-corrected chi connectivity index (χ4v) is 4.19. The Hall–Kier alpha value is -2.88. The number of aromatic nitrogens is 1. The first-order valence-corrected chi connectivity index (χ1v) is 9.62. The summed E-state index contributed by atoms with van der Waals surface area (Å²) in [5.74, 6) is 1.03. The molecule has 3 aromatic rings. The van der Waals surface area contributed by atoms with Gasteiger partial charge in [-0.1, -0.05) is 30.3 Å². The maximum atomic E-state index is 12.3. The summed E-state index contributed by atoms with van der Waals surface area (Å²) in [5, 5.41) is 13.9. The van der Waals surface area contributed by atoms with E-state index in [0.29, 0.717) is 23.9 Å². The molecule has 138 valence electrons. The van der Waals surface area contributed by atoms with E-state index in [9.17, 15) is 9.90 Å². The Kier molecular flexibility index (Phi) is 5.05. The van der Waals surface area contributed by atoms with E-state index in [1.54, 1.807) is 24.3 Å². The Morgan fingerprint density at radius 3 is 2.56 bits per heavy atom. The van der Waals surface area contributed by atoms with Crippen molar-refractivity contribution in [3.8, 4) is 5.75 Å². The van der Waals surface area contributed by atoms with Crippen molar-refractivity contribution in [2.45, 2.75) is 38.0 Å². The zero-order chi connectivity index (χ0) is 18.6. The molecule has 1 amide bonds. The minimum Gasteiger partial charge on any atom is -0.506 e. The lowest BCUT2D eigenvalue weighted by atomic mass is 9.77. The van der Waals surface area contributed by atoms with E-state index in [1.807, 2.05) is 12.3 Å². The van der Waals surface area contributed by atoms with Crippen LogP contribution in [0.25, 0.3) is 10.9 Å². The monoisotopic (exact) mass is 360 g/mol. The molecule has 4 heteroatoms. The third kappa shape index (κ3) is 3.95. The number of nitrogens with zero attached hydrogens (tertiary/aromatic N) is 1. The van der Waals surface area contributed by atoms with Gasteiger partial charge in [-0.15, -0.1) is 0 Å². The average molecular weight is 360 g/mol. The van der Waals surface area contributed by atoms with Crippen molar-refractivity contribution in [2.24, 2.45) is 5.92 Å². The van der Waals surface area contributed by atoms with E-state index in [0.717, 1.165) is 31.2 Å². The van der Waals surface area contributed by atoms with Crippen LogP contribution in [0.15, 0.2) is 60.8 Å². The second kappa shape index (κ2) is 7.78. The molecule has 1 aliphatic carbocycles. The van der Waals surface area contributed by atoms with Crippen molar-refractivity contribution in [1.29, 1.82) is 0 Å². The van der Waals surface area contributed by atoms with Crippen molar-refractivity contribution in [2.75, 3.05) is 5.32 Å². The van der Waals surface area contributed by atoms with E-state index in [-0.39, 0.29) is 11.7 Å². The molecule has 2 N–H and O–H groups in total. The van der Waals surface area contributed by atoms with Gasteiger partial charge in [0.15, 0.2) is 0 Å². The topological polar surface area (TPSA) is 62.2 Å². The fraction of sp³-hybridized carbons (Fsp3) is 0.304. The van der Waals surface area contributed by atoms with Gasteiger partial charge >= 0.3 is 0 Å². The second-order valence-corrected chi connectivity index (χ2v) is 7.40. The number of carbonyl (C=O) groups excluding carboxylic acids is 1. The van der Waals surface area contributed by atoms with Crippen LogP contribution in [-0.2, 0) is 4.79 Å². The molecule has 27 heavy (non-hydrogen) atoms. The number of para-hydroxylation sites is 3. The second-order valence-electron chi connectivity index (χ2n) is 7.40. The Labute approximate surface area is 159 Å². The summed E-state index contributed by atoms with van der Waals surface area (Å²) in [6, 6.07) is 17.3. The SMILES string of the molecule is O=C(C[C@H]1CC[C@@H](c2ccnc3ccccc32)CC1)Nc1ccccc1O. The smallest absolute Gasteiger partial charge is 0.224 e. The van der Waals surface area contributed by atoms with Crippen molar-refractivity contribution >= 4 is 22.5 Å². The molecule has 0 unspecified atom stereocenters. The first-order chi connectivity index (χ1) is 13.2. The maximum absolute atomic E-state index is 12.3. The minimum absolute atomic E-state index is 0.0192. The first-order valence-electron chi connectivity index (χ1n) is 9.62. The standard InChI is InChI=1S/C23H24N2O2/c26-22-8-4-3-7-21(22)25-23(27)15-16-9-11-17(12-10-16)18-13-14-24-20-6-2-1-5-19(18)20/h1-8,13-14,16-17,26H,9-12,15H2,(H,25,27)/t16-,17+. The number of carbonyl (C=O) groups is 1. The number of nitrogens with one attached hydrogen (secondary N) is 1. The molecule has 0 spiro atoms. The van der Waals surface area contributed by atoms with Crippen molar-refractivity contribution in [1.82, 2.24) is 4.98 Å². The predicted molar refractivity (Wildman–Crippen MR) is 108 cm³/mol. The zero-order valence-corrected chi connectivity index (χ0v) is 15.3. The van der Waals surface area contributed by atoms with Gasteiger partial charge in [-0.05, 0) is 67.3 Å². The summed E-state index contributed by atoms with van der Waals surface area (Å²) >= 11 is 0. The van der Waals surface area contributed by atoms with Crippen LogP contribution in [0.2, 0.25) is 0 Å². The number of phenols is 1. The number of amides is 1. The number of hydrogen-bond donors (Lipinski definition) is 2. The zero-order valence-electron chi connectivity index (χ0n) is 15.3. The normalized spacial score (nSPS) is 19.7. The molecule has 0 bridgehead atoms. The van der Waals surface area contributed by atoms with Crippen LogP contribution >= 0.6 is 0 Å². The molecule has 1 saturated carbocycles. The largest absolute Gasteiger partial charge is 0.506 e. The van der Waals surface area contributed by atoms with Gasteiger partial charge < -0.3 is 10.4 Å². The molecule has 1 heterocycles. The molecule has 4 rings (SSSR count). The summed E-state index contributed by atoms with van der Waals surface area (Å²) in [4.78, 5) is 16.8. The van der Waals surface area contributed by atoms with E-state index >= 15 is 0 Å². The molecule has 0 saturated heterocycles. The van der Waals surface area contributed by atoms with E-state index in [1.165, 1.54) is 10.9 Å². The number of benzene rings is 2. The van der Waals surface area contributed by atoms with Gasteiger partial charge in [0.05, 0.1) is 11.2 Å². The van der Waals surface area contributed by atoms with Gasteiger partial charge in [0.2, 0.25) is 5.91 Å². The molecule has 0 aliphatic heterocycles. The van der Waals surface area contributed by atoms with E-state index in [2.05, 4.69) is 34.6 Å². The van der Waals surface area contributed by atoms with Gasteiger partial charge in [-0.2, -0.15) is 0 Å². The quantitative estimate of drug-likeness (QED) is 0.625. The summed E-state index contributed by atoms with van der Waals surface area (Å²) in [6.45, 7) is 0. The van der Waals surface area contributed by atoms with Crippen LogP contribution in [0.5, 0.6) is 5.75 Å². The highest BCUT2D eigenvalue weighted by Gasteiger charge is 2.25. The summed E-state index contributed by atoms with van der Waals surface area (Å²) in [6.07, 6.45) is 6.72. The molecular weight excluding hydrogens is 336 g/mol. The number of anilines is 1. The minimum atomic E-state index is -0.0192. The molecule has 1 fully saturated rings. The molecule has 1 aliphatic rings. The van der Waals surface area contributed by atoms with Crippen molar-refractivity contribution in [3.63, 3.8) is 0 Å². The fourth-order valence-electron chi connectivity index (χ4n) is 4.19. The first kappa shape index (κ1) is 17.5. The Balaban J connectivity index is 1.36. The Morgan fingerprint density at radius 1 is 1.00 bits per heavy atom. The molecule has 1 aromatic heterocycles. The van der Waals surface area contributed by atoms with Crippen molar-refractivity contribution < 1.29 is 9.90 Å². The van der Waals surface area contributed by atoms with Crippen LogP contribution in [-0.4, -0.2) is 16.0 Å². The number of aromatic hydroxyl groups is 1. The number of hydrogen-bond acceptors (Lipinski definition) is 3. The molecular formula is C23H24N2O2. The number of rotatable bonds is 4. The summed E-state index contributed by atoms with van der Waals surface area (Å²) < 4.78 is 0. The lowest BCUT2D eigenvalue weighted by molar-refractivity contribution is -0.117. The highest BCUT2D eigenvalue weighted by Crippen LogP contribution is 2.39. The average Bonchev–Trinajstić information content (AvgIpc) is 2.70. The number of pyridine rings is 1. The van der Waals surface area contributed by atoms with Crippen LogP contribution in [0.1, 0.15) is 43.6 Å². The maximum Gasteiger partial charge on any atom is 0.224 e. The summed E-state index contributed by atoms with van der Waals surface area (Å²) in [5.41, 5.74) is 2.93. The highest BCUT2D eigenvalue weighted by atomic mass is 16.3. The molecule has 4 nitrogen and oxygen atoms in total. The van der Waals surface area contributed by atoms with Gasteiger partial charge in [-0.25, -0.2) is 0 Å². The Morgan fingerprint density at radius 2 is 1.74 bits per heavy atom. The number of phenolic OH excluding ortho intramolecular Hbond substituents is 1. The van der Waals surface area contributed by atoms with E-state index in [4.69, 9.17) is 0 Å². The van der Waals surface area contributed by atoms with Gasteiger partial charge in [0, 0.05) is 18.0 Å². The Bertz CT molecular complexity index is 941. The number of fused-ring (bicyclic) bond motifs is 1. The predicted octanol–water partition coefficient (Wildman–Crippen LogP) is 5.24. The molecule has 0 atom stereocenters. The highest BCUT2D eigenvalue weighted by molar-refractivity contribution is 5.92. The molecule has 0 radical (unpaired) electrons. The lowest BCUT2D eigenvalue weighted by Gasteiger charge is -2.29. The third-order valence-electron chi connectivity index (χ3n) is 5.62. The lowest BCUT2D eigenvalue weighted by Crippen LogP contribution is -2.20. The van der Waals surface area contributed by atoms with Gasteiger partial charge in [0.1, 0.15) is 5.75 Å². The van der Waals surface area contributed by atoms with Crippen LogP contribution < -0.4 is 5.32 Å². The van der Waals surface area contributed by atoms with Crippen LogP contribution in [0.4, 0.5) is 5.69 Å². The third-order valence-corrected chi connectivity index (χ3v) is 5.62. The van der Waals surface area contributed by atoms with E-state index < -0.39 is 0 Å². The summed E-state index contributed by atoms with van der Waals surface area (Å²) in [7, 11) is 0. The molecule has 2 aromatic carbocycles. The van der Waals surface area contributed by atoms with Crippen LogP contribution in [0.3, 0.4) is 0 Å². The van der Waals surface area contributed by atoms with Gasteiger partial charge in [0.25, 0.3) is 0 Å².